The van der Waals surface area contributed by atoms with Crippen LogP contribution in [0.15, 0.2) is 72.3 Å². The summed E-state index contributed by atoms with van der Waals surface area (Å²) >= 11 is 0. The van der Waals surface area contributed by atoms with Crippen LogP contribution in [0.4, 0.5) is 4.79 Å². The number of ketones is 2. The molecule has 5 aliphatic rings. The lowest BCUT2D eigenvalue weighted by Gasteiger charge is -2.59. The Balaban J connectivity index is 1.09. The quantitative estimate of drug-likeness (QED) is 0.307. The molecule has 0 bridgehead atoms. The molecule has 3 saturated carbocycles. The first-order valence-electron chi connectivity index (χ1n) is 17.4. The molecule has 0 amide bonds. The molecule has 8 nitrogen and oxygen atoms in total. The van der Waals surface area contributed by atoms with Gasteiger partial charge in [0, 0.05) is 29.1 Å². The second-order valence-electron chi connectivity index (χ2n) is 14.8. The van der Waals surface area contributed by atoms with E-state index in [1.165, 1.54) is 0 Å². The molecule has 0 aliphatic heterocycles. The van der Waals surface area contributed by atoms with Crippen LogP contribution in [0.25, 0.3) is 11.1 Å². The maximum absolute atomic E-state index is 14.3. The molecule has 0 aromatic heterocycles. The van der Waals surface area contributed by atoms with Crippen molar-refractivity contribution in [1.82, 2.24) is 0 Å². The van der Waals surface area contributed by atoms with Gasteiger partial charge in [0.1, 0.15) is 6.61 Å². The second kappa shape index (κ2) is 12.1. The van der Waals surface area contributed by atoms with E-state index in [0.717, 1.165) is 40.7 Å². The minimum Gasteiger partial charge on any atom is -0.450 e. The number of esters is 1. The van der Waals surface area contributed by atoms with Gasteiger partial charge >= 0.3 is 12.1 Å². The summed E-state index contributed by atoms with van der Waals surface area (Å²) in [6.45, 7) is 5.39. The van der Waals surface area contributed by atoms with E-state index in [2.05, 4.69) is 19.1 Å². The Morgan fingerprint density at radius 1 is 0.958 bits per heavy atom. The Bertz CT molecular complexity index is 1680. The zero-order chi connectivity index (χ0) is 33.8. The first kappa shape index (κ1) is 32.5. The van der Waals surface area contributed by atoms with Crippen molar-refractivity contribution in [1.29, 1.82) is 0 Å². The van der Waals surface area contributed by atoms with Crippen LogP contribution in [0.3, 0.4) is 0 Å². The lowest BCUT2D eigenvalue weighted by Crippen LogP contribution is -2.63. The number of carbonyl (C=O) groups is 4. The van der Waals surface area contributed by atoms with E-state index in [0.29, 0.717) is 19.3 Å². The van der Waals surface area contributed by atoms with Crippen LogP contribution in [-0.2, 0) is 28.6 Å². The van der Waals surface area contributed by atoms with Crippen molar-refractivity contribution >= 4 is 23.7 Å². The van der Waals surface area contributed by atoms with E-state index in [1.807, 2.05) is 56.3 Å². The van der Waals surface area contributed by atoms with Gasteiger partial charge in [-0.3, -0.25) is 14.4 Å². The molecule has 2 aromatic rings. The second-order valence-corrected chi connectivity index (χ2v) is 14.8. The van der Waals surface area contributed by atoms with Crippen LogP contribution in [0.1, 0.15) is 82.8 Å². The molecule has 1 unspecified atom stereocenters. The van der Waals surface area contributed by atoms with Crippen LogP contribution in [-0.4, -0.2) is 53.7 Å². The van der Waals surface area contributed by atoms with E-state index in [4.69, 9.17) is 14.2 Å². The zero-order valence-electron chi connectivity index (χ0n) is 27.9. The fraction of sp³-hybridized carbons (Fsp3) is 0.500. The predicted molar refractivity (Wildman–Crippen MR) is 178 cm³/mol. The summed E-state index contributed by atoms with van der Waals surface area (Å²) in [6.07, 6.45) is 6.91. The molecular weight excluding hydrogens is 608 g/mol. The SMILES string of the molecule is CCCC(=O)O[C@]1(C(=O)COC(=O)OCC2c3ccccc3-c3ccccc32)CC[C@H]2[C@@H]3CCC4=CC(=O)C=C[C@]4(C)[C@H]3C(O)C[C@@]21C. The van der Waals surface area contributed by atoms with E-state index < -0.39 is 47.0 Å². The van der Waals surface area contributed by atoms with Gasteiger partial charge in [-0.05, 0) is 84.8 Å². The van der Waals surface area contributed by atoms with Crippen LogP contribution in [0.2, 0.25) is 0 Å². The van der Waals surface area contributed by atoms with Crippen LogP contribution < -0.4 is 0 Å². The van der Waals surface area contributed by atoms with Crippen molar-refractivity contribution in [3.05, 3.63) is 83.5 Å². The number of ether oxygens (including phenoxy) is 3. The summed E-state index contributed by atoms with van der Waals surface area (Å²) < 4.78 is 17.3. The number of benzene rings is 2. The van der Waals surface area contributed by atoms with Gasteiger partial charge in [0.05, 0.1) is 6.10 Å². The van der Waals surface area contributed by atoms with E-state index >= 15 is 0 Å². The first-order chi connectivity index (χ1) is 23.0. The number of allylic oxidation sites excluding steroid dienone is 4. The molecule has 8 heteroatoms. The molecule has 0 spiro atoms. The van der Waals surface area contributed by atoms with Gasteiger partial charge in [0.2, 0.25) is 5.78 Å². The summed E-state index contributed by atoms with van der Waals surface area (Å²) in [5.41, 5.74) is 2.52. The van der Waals surface area contributed by atoms with Crippen molar-refractivity contribution in [2.24, 2.45) is 28.6 Å². The largest absolute Gasteiger partial charge is 0.508 e. The average molecular weight is 653 g/mol. The lowest BCUT2D eigenvalue weighted by atomic mass is 9.46. The summed E-state index contributed by atoms with van der Waals surface area (Å²) in [5, 5.41) is 11.9. The third-order valence-electron chi connectivity index (χ3n) is 12.5. The predicted octanol–water partition coefficient (Wildman–Crippen LogP) is 6.88. The van der Waals surface area contributed by atoms with Gasteiger partial charge < -0.3 is 19.3 Å². The maximum atomic E-state index is 14.3. The fourth-order valence-corrected chi connectivity index (χ4v) is 10.3. The minimum atomic E-state index is -1.55. The third kappa shape index (κ3) is 4.97. The molecule has 1 N–H and O–H groups in total. The molecule has 252 valence electrons. The highest BCUT2D eigenvalue weighted by Gasteiger charge is 2.70. The topological polar surface area (TPSA) is 116 Å². The van der Waals surface area contributed by atoms with Gasteiger partial charge in [0.15, 0.2) is 18.0 Å². The molecule has 5 aliphatic carbocycles. The van der Waals surface area contributed by atoms with Crippen LogP contribution in [0, 0.1) is 28.6 Å². The van der Waals surface area contributed by atoms with E-state index in [1.54, 1.807) is 12.2 Å². The van der Waals surface area contributed by atoms with Gasteiger partial charge in [-0.1, -0.05) is 81.0 Å². The monoisotopic (exact) mass is 652 g/mol. The number of hydrogen-bond donors (Lipinski definition) is 1. The summed E-state index contributed by atoms with van der Waals surface area (Å²) in [4.78, 5) is 52.6. The van der Waals surface area contributed by atoms with Crippen molar-refractivity contribution in [3.63, 3.8) is 0 Å². The van der Waals surface area contributed by atoms with Gasteiger partial charge in [-0.2, -0.15) is 0 Å². The molecule has 3 fully saturated rings. The fourth-order valence-electron chi connectivity index (χ4n) is 10.3. The van der Waals surface area contributed by atoms with Crippen LogP contribution >= 0.6 is 0 Å². The number of carbonyl (C=O) groups excluding carboxylic acids is 4. The lowest BCUT2D eigenvalue weighted by molar-refractivity contribution is -0.200. The Morgan fingerprint density at radius 2 is 1.65 bits per heavy atom. The first-order valence-corrected chi connectivity index (χ1v) is 17.4. The van der Waals surface area contributed by atoms with Crippen molar-refractivity contribution in [2.75, 3.05) is 13.2 Å². The van der Waals surface area contributed by atoms with Crippen molar-refractivity contribution in [3.8, 4) is 11.1 Å². The summed E-state index contributed by atoms with van der Waals surface area (Å²) in [7, 11) is 0. The van der Waals surface area contributed by atoms with E-state index in [9.17, 15) is 24.3 Å². The Kier molecular flexibility index (Phi) is 8.22. The normalized spacial score (nSPS) is 33.0. The molecule has 7 rings (SSSR count). The highest BCUT2D eigenvalue weighted by molar-refractivity contribution is 6.01. The minimum absolute atomic E-state index is 0.0110. The Hall–Kier alpha value is -4.04. The average Bonchev–Trinajstić information content (AvgIpc) is 3.54. The molecule has 0 saturated heterocycles. The number of rotatable bonds is 8. The smallest absolute Gasteiger partial charge is 0.450 e. The number of aliphatic hydroxyl groups excluding tert-OH is 1. The molecular formula is C40H44O8. The van der Waals surface area contributed by atoms with Gasteiger partial charge in [0.25, 0.3) is 0 Å². The Morgan fingerprint density at radius 3 is 2.33 bits per heavy atom. The maximum Gasteiger partial charge on any atom is 0.508 e. The number of aliphatic hydroxyl groups is 1. The number of fused-ring (bicyclic) bond motifs is 8. The molecule has 2 aromatic carbocycles. The highest BCUT2D eigenvalue weighted by Crippen LogP contribution is 2.68. The van der Waals surface area contributed by atoms with E-state index in [-0.39, 0.29) is 48.9 Å². The molecule has 48 heavy (non-hydrogen) atoms. The molecule has 0 radical (unpaired) electrons. The van der Waals surface area contributed by atoms with Gasteiger partial charge in [-0.25, -0.2) is 4.79 Å². The summed E-state index contributed by atoms with van der Waals surface area (Å²) in [5.74, 6) is -1.22. The molecule has 0 heterocycles. The summed E-state index contributed by atoms with van der Waals surface area (Å²) in [6, 6.07) is 16.1. The third-order valence-corrected chi connectivity index (χ3v) is 12.5. The zero-order valence-corrected chi connectivity index (χ0v) is 27.9. The van der Waals surface area contributed by atoms with Crippen molar-refractivity contribution < 1.29 is 38.5 Å². The number of Topliss-reactive ketones (excluding diaryl/α,β-unsaturated/α-hetero) is 1. The Labute approximate surface area is 281 Å². The van der Waals surface area contributed by atoms with Crippen molar-refractivity contribution in [2.45, 2.75) is 83.3 Å². The number of hydrogen-bond acceptors (Lipinski definition) is 8. The van der Waals surface area contributed by atoms with Gasteiger partial charge in [-0.15, -0.1) is 0 Å². The highest BCUT2D eigenvalue weighted by atomic mass is 16.7. The molecule has 7 atom stereocenters. The standard InChI is InChI=1S/C40H44O8/c1-4-9-35(44)48-40(19-17-32-30-15-14-24-20-25(41)16-18-38(24,2)36(30)33(42)21-39(32,40)3)34(43)23-47-37(45)46-22-31-28-12-7-5-10-26(28)27-11-6-8-13-29(27)31/h5-8,10-13,16,18,20,30-33,36,42H,4,9,14-15,17,19,21-23H2,1-3H3/t30-,32-,33?,36+,38-,39-,40-/m0/s1. The van der Waals surface area contributed by atoms with Crippen LogP contribution in [0.5, 0.6) is 0 Å².